The van der Waals surface area contributed by atoms with Crippen molar-refractivity contribution in [1.29, 1.82) is 0 Å². The SMILES string of the molecule is Cc1nc(-c2cccc(Cl)c2)oc1CCl. The molecule has 0 saturated heterocycles. The van der Waals surface area contributed by atoms with E-state index in [9.17, 15) is 0 Å². The van der Waals surface area contributed by atoms with E-state index in [1.54, 1.807) is 0 Å². The van der Waals surface area contributed by atoms with Crippen LogP contribution in [0.4, 0.5) is 0 Å². The summed E-state index contributed by atoms with van der Waals surface area (Å²) in [5, 5.41) is 0.663. The third-order valence-electron chi connectivity index (χ3n) is 2.09. The average molecular weight is 242 g/mol. The lowest BCUT2D eigenvalue weighted by molar-refractivity contribution is 0.536. The first kappa shape index (κ1) is 10.5. The highest BCUT2D eigenvalue weighted by Gasteiger charge is 2.10. The average Bonchev–Trinajstić information content (AvgIpc) is 2.60. The molecule has 0 N–H and O–H groups in total. The van der Waals surface area contributed by atoms with Gasteiger partial charge in [-0.2, -0.15) is 0 Å². The van der Waals surface area contributed by atoms with Crippen LogP contribution in [0.15, 0.2) is 28.7 Å². The Labute approximate surface area is 97.8 Å². The van der Waals surface area contributed by atoms with Crippen molar-refractivity contribution in [3.8, 4) is 11.5 Å². The van der Waals surface area contributed by atoms with E-state index < -0.39 is 0 Å². The number of halogens is 2. The Morgan fingerprint density at radius 3 is 2.80 bits per heavy atom. The predicted molar refractivity (Wildman–Crippen MR) is 61.2 cm³/mol. The number of alkyl halides is 1. The van der Waals surface area contributed by atoms with Gasteiger partial charge in [0, 0.05) is 10.6 Å². The molecule has 78 valence electrons. The van der Waals surface area contributed by atoms with Crippen molar-refractivity contribution in [2.24, 2.45) is 0 Å². The second kappa shape index (κ2) is 4.25. The zero-order valence-corrected chi connectivity index (χ0v) is 9.64. The van der Waals surface area contributed by atoms with Crippen LogP contribution >= 0.6 is 23.2 Å². The van der Waals surface area contributed by atoms with E-state index in [1.165, 1.54) is 0 Å². The third kappa shape index (κ3) is 2.16. The number of nitrogens with zero attached hydrogens (tertiary/aromatic N) is 1. The van der Waals surface area contributed by atoms with Crippen LogP contribution in [-0.2, 0) is 5.88 Å². The van der Waals surface area contributed by atoms with Crippen LogP contribution in [0, 0.1) is 6.92 Å². The molecular formula is C11H9Cl2NO. The maximum absolute atomic E-state index is 5.88. The van der Waals surface area contributed by atoms with Crippen molar-refractivity contribution in [1.82, 2.24) is 4.98 Å². The molecule has 2 nitrogen and oxygen atoms in total. The third-order valence-corrected chi connectivity index (χ3v) is 2.56. The van der Waals surface area contributed by atoms with Gasteiger partial charge < -0.3 is 4.42 Å². The lowest BCUT2D eigenvalue weighted by Gasteiger charge is -1.95. The molecule has 1 aromatic carbocycles. The van der Waals surface area contributed by atoms with Crippen LogP contribution in [0.5, 0.6) is 0 Å². The number of aryl methyl sites for hydroxylation is 1. The molecule has 0 radical (unpaired) electrons. The van der Waals surface area contributed by atoms with Gasteiger partial charge in [-0.3, -0.25) is 0 Å². The van der Waals surface area contributed by atoms with Crippen LogP contribution in [0.1, 0.15) is 11.5 Å². The number of hydrogen-bond acceptors (Lipinski definition) is 2. The molecule has 4 heteroatoms. The van der Waals surface area contributed by atoms with Crippen molar-refractivity contribution in [3.05, 3.63) is 40.7 Å². The Morgan fingerprint density at radius 1 is 1.40 bits per heavy atom. The van der Waals surface area contributed by atoms with Gasteiger partial charge in [0.15, 0.2) is 0 Å². The number of benzene rings is 1. The highest BCUT2D eigenvalue weighted by atomic mass is 35.5. The van der Waals surface area contributed by atoms with Crippen LogP contribution in [0.2, 0.25) is 5.02 Å². The smallest absolute Gasteiger partial charge is 0.226 e. The normalized spacial score (nSPS) is 10.6. The summed E-state index contributed by atoms with van der Waals surface area (Å²) in [7, 11) is 0. The van der Waals surface area contributed by atoms with Gasteiger partial charge in [-0.1, -0.05) is 17.7 Å². The molecule has 1 aromatic heterocycles. The Hall–Kier alpha value is -0.990. The van der Waals surface area contributed by atoms with E-state index >= 15 is 0 Å². The molecule has 0 unspecified atom stereocenters. The standard InChI is InChI=1S/C11H9Cl2NO/c1-7-10(6-12)15-11(14-7)8-3-2-4-9(13)5-8/h2-5H,6H2,1H3. The van der Waals surface area contributed by atoms with Crippen LogP contribution in [0.3, 0.4) is 0 Å². The van der Waals surface area contributed by atoms with Gasteiger partial charge in [-0.15, -0.1) is 11.6 Å². The Balaban J connectivity index is 2.45. The molecule has 15 heavy (non-hydrogen) atoms. The highest BCUT2D eigenvalue weighted by molar-refractivity contribution is 6.30. The van der Waals surface area contributed by atoms with E-state index in [0.29, 0.717) is 22.6 Å². The summed E-state index contributed by atoms with van der Waals surface area (Å²) in [5.41, 5.74) is 1.68. The molecular weight excluding hydrogens is 233 g/mol. The summed E-state index contributed by atoms with van der Waals surface area (Å²) >= 11 is 11.6. The molecule has 0 fully saturated rings. The molecule has 0 aliphatic carbocycles. The van der Waals surface area contributed by atoms with Crippen molar-refractivity contribution < 1.29 is 4.42 Å². The number of oxazole rings is 1. The molecule has 0 atom stereocenters. The van der Waals surface area contributed by atoms with Crippen LogP contribution in [0.25, 0.3) is 11.5 Å². The van der Waals surface area contributed by atoms with Crippen LogP contribution < -0.4 is 0 Å². The predicted octanol–water partition coefficient (Wildman–Crippen LogP) is 4.04. The van der Waals surface area contributed by atoms with E-state index in [4.69, 9.17) is 27.6 Å². The van der Waals surface area contributed by atoms with Crippen molar-refractivity contribution in [2.45, 2.75) is 12.8 Å². The summed E-state index contributed by atoms with van der Waals surface area (Å²) in [4.78, 5) is 4.28. The summed E-state index contributed by atoms with van der Waals surface area (Å²) in [6, 6.07) is 7.38. The molecule has 0 aliphatic rings. The fourth-order valence-corrected chi connectivity index (χ4v) is 1.74. The zero-order valence-electron chi connectivity index (χ0n) is 8.13. The minimum absolute atomic E-state index is 0.333. The molecule has 0 aliphatic heterocycles. The number of hydrogen-bond donors (Lipinski definition) is 0. The van der Waals surface area contributed by atoms with Gasteiger partial charge in [-0.05, 0) is 25.1 Å². The molecule has 0 bridgehead atoms. The topological polar surface area (TPSA) is 26.0 Å². The minimum atomic E-state index is 0.333. The van der Waals surface area contributed by atoms with E-state index in [1.807, 2.05) is 31.2 Å². The van der Waals surface area contributed by atoms with Crippen molar-refractivity contribution in [3.63, 3.8) is 0 Å². The van der Waals surface area contributed by atoms with E-state index in [0.717, 1.165) is 11.3 Å². The van der Waals surface area contributed by atoms with Crippen LogP contribution in [-0.4, -0.2) is 4.98 Å². The Kier molecular flexibility index (Phi) is 2.98. The van der Waals surface area contributed by atoms with E-state index in [-0.39, 0.29) is 0 Å². The molecule has 2 rings (SSSR count). The second-order valence-corrected chi connectivity index (χ2v) is 3.88. The molecule has 0 amide bonds. The summed E-state index contributed by atoms with van der Waals surface area (Å²) in [5.74, 6) is 1.59. The largest absolute Gasteiger partial charge is 0.440 e. The fraction of sp³-hybridized carbons (Fsp3) is 0.182. The Morgan fingerprint density at radius 2 is 2.20 bits per heavy atom. The number of rotatable bonds is 2. The van der Waals surface area contributed by atoms with Gasteiger partial charge in [0.05, 0.1) is 11.6 Å². The first-order valence-electron chi connectivity index (χ1n) is 4.49. The van der Waals surface area contributed by atoms with Gasteiger partial charge in [-0.25, -0.2) is 4.98 Å². The molecule has 2 aromatic rings. The monoisotopic (exact) mass is 241 g/mol. The second-order valence-electron chi connectivity index (χ2n) is 3.17. The summed E-state index contributed by atoms with van der Waals surface area (Å²) in [6.45, 7) is 1.87. The zero-order chi connectivity index (χ0) is 10.8. The lowest BCUT2D eigenvalue weighted by Crippen LogP contribution is -1.78. The quantitative estimate of drug-likeness (QED) is 0.742. The summed E-state index contributed by atoms with van der Waals surface area (Å²) < 4.78 is 5.50. The van der Waals surface area contributed by atoms with E-state index in [2.05, 4.69) is 4.98 Å². The maximum atomic E-state index is 5.88. The molecule has 1 heterocycles. The van der Waals surface area contributed by atoms with Crippen molar-refractivity contribution >= 4 is 23.2 Å². The molecule has 0 spiro atoms. The minimum Gasteiger partial charge on any atom is -0.440 e. The maximum Gasteiger partial charge on any atom is 0.226 e. The van der Waals surface area contributed by atoms with Gasteiger partial charge in [0.2, 0.25) is 5.89 Å². The molecule has 0 saturated carbocycles. The van der Waals surface area contributed by atoms with Gasteiger partial charge in [0.1, 0.15) is 5.76 Å². The lowest BCUT2D eigenvalue weighted by atomic mass is 10.2. The van der Waals surface area contributed by atoms with Gasteiger partial charge in [0.25, 0.3) is 0 Å². The van der Waals surface area contributed by atoms with Gasteiger partial charge >= 0.3 is 0 Å². The fourth-order valence-electron chi connectivity index (χ4n) is 1.30. The summed E-state index contributed by atoms with van der Waals surface area (Å²) in [6.07, 6.45) is 0. The highest BCUT2D eigenvalue weighted by Crippen LogP contribution is 2.24. The Bertz CT molecular complexity index is 479. The number of aromatic nitrogens is 1. The van der Waals surface area contributed by atoms with Crippen molar-refractivity contribution in [2.75, 3.05) is 0 Å². The first-order chi connectivity index (χ1) is 7.20. The first-order valence-corrected chi connectivity index (χ1v) is 5.40.